The van der Waals surface area contributed by atoms with E-state index in [4.69, 9.17) is 9.84 Å². The summed E-state index contributed by atoms with van der Waals surface area (Å²) in [5.74, 6) is -0.940. The summed E-state index contributed by atoms with van der Waals surface area (Å²) >= 11 is 3.31. The van der Waals surface area contributed by atoms with Gasteiger partial charge in [0.05, 0.1) is 18.3 Å². The number of anilines is 1. The molecule has 17 heavy (non-hydrogen) atoms. The smallest absolute Gasteiger partial charge is 0.337 e. The van der Waals surface area contributed by atoms with E-state index in [9.17, 15) is 4.79 Å². The zero-order valence-electron chi connectivity index (χ0n) is 9.87. The summed E-state index contributed by atoms with van der Waals surface area (Å²) in [4.78, 5) is 11.0. The van der Waals surface area contributed by atoms with Crippen molar-refractivity contribution in [2.24, 2.45) is 0 Å². The van der Waals surface area contributed by atoms with Gasteiger partial charge in [-0.05, 0) is 32.0 Å². The molecule has 1 aromatic rings. The Bertz CT molecular complexity index is 393. The van der Waals surface area contributed by atoms with Gasteiger partial charge < -0.3 is 15.2 Å². The second kappa shape index (κ2) is 6.61. The molecule has 0 aromatic heterocycles. The minimum atomic E-state index is -0.940. The topological polar surface area (TPSA) is 58.6 Å². The van der Waals surface area contributed by atoms with Crippen molar-refractivity contribution < 1.29 is 14.6 Å². The van der Waals surface area contributed by atoms with E-state index < -0.39 is 5.97 Å². The lowest BCUT2D eigenvalue weighted by Crippen LogP contribution is -2.15. The Morgan fingerprint density at radius 3 is 2.82 bits per heavy atom. The third kappa shape index (κ3) is 4.75. The van der Waals surface area contributed by atoms with Crippen LogP contribution in [-0.4, -0.2) is 30.3 Å². The normalized spacial score (nSPS) is 10.6. The molecule has 0 saturated heterocycles. The summed E-state index contributed by atoms with van der Waals surface area (Å²) in [6.45, 7) is 5.04. The van der Waals surface area contributed by atoms with Crippen molar-refractivity contribution in [3.63, 3.8) is 0 Å². The molecule has 0 saturated carbocycles. The molecule has 0 radical (unpaired) electrons. The summed E-state index contributed by atoms with van der Waals surface area (Å²) in [7, 11) is 0. The van der Waals surface area contributed by atoms with Gasteiger partial charge in [0.15, 0.2) is 0 Å². The van der Waals surface area contributed by atoms with Gasteiger partial charge in [-0.2, -0.15) is 0 Å². The van der Waals surface area contributed by atoms with Crippen molar-refractivity contribution in [2.45, 2.75) is 20.0 Å². The first-order valence-electron chi connectivity index (χ1n) is 5.39. The van der Waals surface area contributed by atoms with Crippen molar-refractivity contribution >= 4 is 27.6 Å². The number of rotatable bonds is 6. The standard InChI is InChI=1S/C12H16BrNO3/c1-8(2)17-6-5-14-11-7-9(13)3-4-10(11)12(15)16/h3-4,7-8,14H,5-6H2,1-2H3,(H,15,16). The Morgan fingerprint density at radius 1 is 1.53 bits per heavy atom. The summed E-state index contributed by atoms with van der Waals surface area (Å²) in [5.41, 5.74) is 0.858. The Kier molecular flexibility index (Phi) is 5.44. The molecule has 1 aromatic carbocycles. The predicted molar refractivity (Wildman–Crippen MR) is 70.7 cm³/mol. The molecular formula is C12H16BrNO3. The number of ether oxygens (including phenoxy) is 1. The van der Waals surface area contributed by atoms with Gasteiger partial charge in [0.1, 0.15) is 0 Å². The van der Waals surface area contributed by atoms with Crippen LogP contribution >= 0.6 is 15.9 Å². The number of aromatic carboxylic acids is 1. The van der Waals surface area contributed by atoms with Gasteiger partial charge in [-0.1, -0.05) is 15.9 Å². The largest absolute Gasteiger partial charge is 0.478 e. The number of hydrogen-bond donors (Lipinski definition) is 2. The molecule has 0 aliphatic carbocycles. The van der Waals surface area contributed by atoms with Crippen LogP contribution in [0.4, 0.5) is 5.69 Å². The zero-order valence-corrected chi connectivity index (χ0v) is 11.5. The van der Waals surface area contributed by atoms with Crippen LogP contribution in [0, 0.1) is 0 Å². The lowest BCUT2D eigenvalue weighted by molar-refractivity contribution is 0.0697. The molecule has 0 heterocycles. The molecule has 0 aliphatic heterocycles. The van der Waals surface area contributed by atoms with Gasteiger partial charge in [0, 0.05) is 16.7 Å². The molecule has 0 aliphatic rings. The fourth-order valence-electron chi connectivity index (χ4n) is 1.33. The number of carbonyl (C=O) groups is 1. The van der Waals surface area contributed by atoms with Crippen molar-refractivity contribution in [2.75, 3.05) is 18.5 Å². The molecule has 0 amide bonds. The highest BCUT2D eigenvalue weighted by atomic mass is 79.9. The van der Waals surface area contributed by atoms with Gasteiger partial charge in [-0.25, -0.2) is 4.79 Å². The van der Waals surface area contributed by atoms with Crippen LogP contribution in [0.1, 0.15) is 24.2 Å². The first-order chi connectivity index (χ1) is 8.00. The number of hydrogen-bond acceptors (Lipinski definition) is 3. The maximum absolute atomic E-state index is 11.0. The van der Waals surface area contributed by atoms with Crippen molar-refractivity contribution in [1.29, 1.82) is 0 Å². The van der Waals surface area contributed by atoms with Crippen LogP contribution in [0.15, 0.2) is 22.7 Å². The second-order valence-corrected chi connectivity index (χ2v) is 4.76. The maximum atomic E-state index is 11.0. The van der Waals surface area contributed by atoms with Crippen LogP contribution in [0.5, 0.6) is 0 Å². The lowest BCUT2D eigenvalue weighted by atomic mass is 10.2. The third-order valence-electron chi connectivity index (χ3n) is 2.08. The fourth-order valence-corrected chi connectivity index (χ4v) is 1.69. The van der Waals surface area contributed by atoms with E-state index in [0.29, 0.717) is 18.8 Å². The van der Waals surface area contributed by atoms with Crippen molar-refractivity contribution in [3.05, 3.63) is 28.2 Å². The van der Waals surface area contributed by atoms with Crippen LogP contribution in [0.3, 0.4) is 0 Å². The summed E-state index contributed by atoms with van der Waals surface area (Å²) < 4.78 is 6.21. The van der Waals surface area contributed by atoms with Crippen LogP contribution in [-0.2, 0) is 4.74 Å². The van der Waals surface area contributed by atoms with E-state index in [1.54, 1.807) is 18.2 Å². The highest BCUT2D eigenvalue weighted by Crippen LogP contribution is 2.21. The summed E-state index contributed by atoms with van der Waals surface area (Å²) in [6.07, 6.45) is 0.179. The van der Waals surface area contributed by atoms with Gasteiger partial charge in [0.2, 0.25) is 0 Å². The fraction of sp³-hybridized carbons (Fsp3) is 0.417. The van der Waals surface area contributed by atoms with Gasteiger partial charge in [0.25, 0.3) is 0 Å². The maximum Gasteiger partial charge on any atom is 0.337 e. The summed E-state index contributed by atoms with van der Waals surface area (Å²) in [6, 6.07) is 5.02. The molecule has 0 atom stereocenters. The number of carboxylic acid groups (broad SMARTS) is 1. The van der Waals surface area contributed by atoms with Crippen LogP contribution in [0.2, 0.25) is 0 Å². The molecule has 0 spiro atoms. The Labute approximate surface area is 109 Å². The monoisotopic (exact) mass is 301 g/mol. The van der Waals surface area contributed by atoms with Crippen LogP contribution < -0.4 is 5.32 Å². The van der Waals surface area contributed by atoms with Gasteiger partial charge >= 0.3 is 5.97 Å². The molecule has 4 nitrogen and oxygen atoms in total. The molecule has 0 bridgehead atoms. The molecule has 0 unspecified atom stereocenters. The number of carboxylic acids is 1. The van der Waals surface area contributed by atoms with E-state index in [1.165, 1.54) is 0 Å². The van der Waals surface area contributed by atoms with Crippen molar-refractivity contribution in [3.8, 4) is 0 Å². The van der Waals surface area contributed by atoms with E-state index in [2.05, 4.69) is 21.2 Å². The highest BCUT2D eigenvalue weighted by Gasteiger charge is 2.09. The molecular weight excluding hydrogens is 286 g/mol. The Morgan fingerprint density at radius 2 is 2.24 bits per heavy atom. The first kappa shape index (κ1) is 14.0. The average Bonchev–Trinajstić information content (AvgIpc) is 2.23. The van der Waals surface area contributed by atoms with Gasteiger partial charge in [-0.3, -0.25) is 0 Å². The zero-order chi connectivity index (χ0) is 12.8. The number of nitrogens with one attached hydrogen (secondary N) is 1. The Hall–Kier alpha value is -1.07. The molecule has 0 fully saturated rings. The lowest BCUT2D eigenvalue weighted by Gasteiger charge is -2.11. The van der Waals surface area contributed by atoms with E-state index in [1.807, 2.05) is 13.8 Å². The first-order valence-corrected chi connectivity index (χ1v) is 6.18. The van der Waals surface area contributed by atoms with Crippen LogP contribution in [0.25, 0.3) is 0 Å². The average molecular weight is 302 g/mol. The molecule has 94 valence electrons. The highest BCUT2D eigenvalue weighted by molar-refractivity contribution is 9.10. The summed E-state index contributed by atoms with van der Waals surface area (Å²) in [5, 5.41) is 12.1. The molecule has 2 N–H and O–H groups in total. The number of benzene rings is 1. The predicted octanol–water partition coefficient (Wildman–Crippen LogP) is 2.98. The van der Waals surface area contributed by atoms with E-state index in [0.717, 1.165) is 4.47 Å². The van der Waals surface area contributed by atoms with E-state index >= 15 is 0 Å². The second-order valence-electron chi connectivity index (χ2n) is 3.84. The third-order valence-corrected chi connectivity index (χ3v) is 2.57. The van der Waals surface area contributed by atoms with Crippen molar-refractivity contribution in [1.82, 2.24) is 0 Å². The minimum absolute atomic E-state index is 0.179. The number of halogens is 1. The molecule has 5 heteroatoms. The minimum Gasteiger partial charge on any atom is -0.478 e. The Balaban J connectivity index is 2.62. The van der Waals surface area contributed by atoms with E-state index in [-0.39, 0.29) is 11.7 Å². The molecule has 1 rings (SSSR count). The van der Waals surface area contributed by atoms with Gasteiger partial charge in [-0.15, -0.1) is 0 Å². The quantitative estimate of drug-likeness (QED) is 0.793. The SMILES string of the molecule is CC(C)OCCNc1cc(Br)ccc1C(=O)O.